The van der Waals surface area contributed by atoms with Gasteiger partial charge in [0.2, 0.25) is 5.91 Å². The molecule has 1 aromatic heterocycles. The van der Waals surface area contributed by atoms with Gasteiger partial charge in [-0.1, -0.05) is 0 Å². The number of aliphatic hydroxyl groups excluding tert-OH is 1. The van der Waals surface area contributed by atoms with Crippen LogP contribution >= 0.6 is 0 Å². The Balaban J connectivity index is 1.80. The number of carbonyl (C=O) groups excluding carboxylic acids is 1. The van der Waals surface area contributed by atoms with Gasteiger partial charge in [-0.05, 0) is 30.2 Å². The number of H-pyrrole nitrogens is 1. The molecule has 19 heavy (non-hydrogen) atoms. The normalized spacial score (nSPS) is 19.3. The van der Waals surface area contributed by atoms with Crippen molar-refractivity contribution in [1.82, 2.24) is 9.88 Å². The molecule has 2 aromatic rings. The van der Waals surface area contributed by atoms with Gasteiger partial charge in [-0.3, -0.25) is 4.79 Å². The van der Waals surface area contributed by atoms with Crippen molar-refractivity contribution >= 4 is 16.8 Å². The van der Waals surface area contributed by atoms with Gasteiger partial charge >= 0.3 is 0 Å². The van der Waals surface area contributed by atoms with E-state index in [1.807, 2.05) is 0 Å². The molecule has 1 saturated heterocycles. The molecular formula is C14H15FN2O2. The number of hydrogen-bond donors (Lipinski definition) is 2. The first-order valence-corrected chi connectivity index (χ1v) is 6.35. The molecule has 100 valence electrons. The second-order valence-electron chi connectivity index (χ2n) is 4.96. The van der Waals surface area contributed by atoms with E-state index in [1.165, 1.54) is 12.1 Å². The third-order valence-corrected chi connectivity index (χ3v) is 3.59. The van der Waals surface area contributed by atoms with Gasteiger partial charge in [0, 0.05) is 30.2 Å². The average Bonchev–Trinajstić information content (AvgIpc) is 2.96. The number of benzene rings is 1. The summed E-state index contributed by atoms with van der Waals surface area (Å²) in [5.74, 6) is -0.295. The standard InChI is InChI=1S/C14H15FN2O2/c15-10-1-2-12-9(7-16-13(12)6-10)5-14(19)17-4-3-11(18)8-17/h1-2,6-7,11,16,18H,3-5,8H2/t11-/m1/s1. The van der Waals surface area contributed by atoms with E-state index in [2.05, 4.69) is 4.98 Å². The molecule has 0 aliphatic carbocycles. The number of amides is 1. The number of likely N-dealkylation sites (tertiary alicyclic amines) is 1. The smallest absolute Gasteiger partial charge is 0.227 e. The maximum Gasteiger partial charge on any atom is 0.227 e. The highest BCUT2D eigenvalue weighted by Crippen LogP contribution is 2.21. The van der Waals surface area contributed by atoms with Gasteiger partial charge in [0.1, 0.15) is 5.82 Å². The first-order chi connectivity index (χ1) is 9.13. The summed E-state index contributed by atoms with van der Waals surface area (Å²) in [7, 11) is 0. The van der Waals surface area contributed by atoms with Crippen LogP contribution in [0.4, 0.5) is 4.39 Å². The minimum Gasteiger partial charge on any atom is -0.391 e. The van der Waals surface area contributed by atoms with Crippen LogP contribution in [0.15, 0.2) is 24.4 Å². The molecule has 1 amide bonds. The molecule has 0 radical (unpaired) electrons. The largest absolute Gasteiger partial charge is 0.391 e. The first-order valence-electron chi connectivity index (χ1n) is 6.35. The summed E-state index contributed by atoms with van der Waals surface area (Å²) in [4.78, 5) is 16.7. The van der Waals surface area contributed by atoms with Gasteiger partial charge in [0.15, 0.2) is 0 Å². The number of fused-ring (bicyclic) bond motifs is 1. The van der Waals surface area contributed by atoms with E-state index in [0.29, 0.717) is 25.0 Å². The van der Waals surface area contributed by atoms with Gasteiger partial charge in [-0.15, -0.1) is 0 Å². The van der Waals surface area contributed by atoms with Crippen LogP contribution in [0.1, 0.15) is 12.0 Å². The number of rotatable bonds is 2. The zero-order valence-corrected chi connectivity index (χ0v) is 10.4. The van der Waals surface area contributed by atoms with Crippen molar-refractivity contribution in [3.63, 3.8) is 0 Å². The van der Waals surface area contributed by atoms with Crippen molar-refractivity contribution in [1.29, 1.82) is 0 Å². The molecule has 1 atom stereocenters. The Morgan fingerprint density at radius 1 is 1.53 bits per heavy atom. The number of halogens is 1. The van der Waals surface area contributed by atoms with E-state index in [-0.39, 0.29) is 18.1 Å². The molecule has 3 rings (SSSR count). The fraction of sp³-hybridized carbons (Fsp3) is 0.357. The summed E-state index contributed by atoms with van der Waals surface area (Å²) in [5.41, 5.74) is 1.56. The molecule has 2 heterocycles. The molecule has 0 bridgehead atoms. The van der Waals surface area contributed by atoms with Gasteiger partial charge in [0.25, 0.3) is 0 Å². The number of nitrogens with zero attached hydrogens (tertiary/aromatic N) is 1. The maximum atomic E-state index is 13.1. The third kappa shape index (κ3) is 2.33. The predicted molar refractivity (Wildman–Crippen MR) is 69.2 cm³/mol. The van der Waals surface area contributed by atoms with Gasteiger partial charge in [-0.25, -0.2) is 4.39 Å². The van der Waals surface area contributed by atoms with Crippen LogP contribution in [0, 0.1) is 5.82 Å². The molecule has 1 aromatic carbocycles. The van der Waals surface area contributed by atoms with Crippen LogP contribution in [0.25, 0.3) is 10.9 Å². The number of aromatic nitrogens is 1. The highest BCUT2D eigenvalue weighted by Gasteiger charge is 2.24. The topological polar surface area (TPSA) is 56.3 Å². The Morgan fingerprint density at radius 2 is 2.37 bits per heavy atom. The SMILES string of the molecule is O=C(Cc1c[nH]c2cc(F)ccc12)N1CC[C@@H](O)C1. The van der Waals surface area contributed by atoms with Crippen LogP contribution < -0.4 is 0 Å². The summed E-state index contributed by atoms with van der Waals surface area (Å²) in [6.45, 7) is 1.02. The molecule has 1 fully saturated rings. The lowest BCUT2D eigenvalue weighted by atomic mass is 10.1. The van der Waals surface area contributed by atoms with E-state index in [9.17, 15) is 14.3 Å². The van der Waals surface area contributed by atoms with Gasteiger partial charge in [-0.2, -0.15) is 0 Å². The molecule has 0 saturated carbocycles. The van der Waals surface area contributed by atoms with Gasteiger partial charge < -0.3 is 15.0 Å². The van der Waals surface area contributed by atoms with E-state index in [1.54, 1.807) is 17.2 Å². The minimum atomic E-state index is -0.402. The fourth-order valence-electron chi connectivity index (χ4n) is 2.55. The van der Waals surface area contributed by atoms with E-state index in [0.717, 1.165) is 10.9 Å². The fourth-order valence-corrected chi connectivity index (χ4v) is 2.55. The summed E-state index contributed by atoms with van der Waals surface area (Å²) in [6, 6.07) is 4.50. The summed E-state index contributed by atoms with van der Waals surface area (Å²) in [5, 5.41) is 10.3. The van der Waals surface area contributed by atoms with Crippen LogP contribution in [0.3, 0.4) is 0 Å². The Morgan fingerprint density at radius 3 is 3.11 bits per heavy atom. The van der Waals surface area contributed by atoms with Crippen molar-refractivity contribution < 1.29 is 14.3 Å². The molecule has 2 N–H and O–H groups in total. The van der Waals surface area contributed by atoms with E-state index in [4.69, 9.17) is 0 Å². The van der Waals surface area contributed by atoms with Crippen molar-refractivity contribution in [3.8, 4) is 0 Å². The van der Waals surface area contributed by atoms with Crippen molar-refractivity contribution in [2.24, 2.45) is 0 Å². The summed E-state index contributed by atoms with van der Waals surface area (Å²) >= 11 is 0. The zero-order chi connectivity index (χ0) is 13.4. The lowest BCUT2D eigenvalue weighted by Crippen LogP contribution is -2.30. The number of hydrogen-bond acceptors (Lipinski definition) is 2. The molecule has 5 heteroatoms. The second-order valence-corrected chi connectivity index (χ2v) is 4.96. The number of carbonyl (C=O) groups is 1. The van der Waals surface area contributed by atoms with Gasteiger partial charge in [0.05, 0.1) is 12.5 Å². The lowest BCUT2D eigenvalue weighted by molar-refractivity contribution is -0.129. The molecular weight excluding hydrogens is 247 g/mol. The van der Waals surface area contributed by atoms with E-state index < -0.39 is 6.10 Å². The lowest BCUT2D eigenvalue weighted by Gasteiger charge is -2.15. The van der Waals surface area contributed by atoms with Crippen LogP contribution in [0.2, 0.25) is 0 Å². The second kappa shape index (κ2) is 4.66. The Kier molecular flexibility index (Phi) is 2.98. The summed E-state index contributed by atoms with van der Waals surface area (Å²) < 4.78 is 13.1. The molecule has 0 unspecified atom stereocenters. The highest BCUT2D eigenvalue weighted by molar-refractivity contribution is 5.89. The third-order valence-electron chi connectivity index (χ3n) is 3.59. The Bertz CT molecular complexity index is 623. The Hall–Kier alpha value is -1.88. The van der Waals surface area contributed by atoms with Crippen LogP contribution in [-0.4, -0.2) is 40.1 Å². The quantitative estimate of drug-likeness (QED) is 0.860. The van der Waals surface area contributed by atoms with Crippen LogP contribution in [-0.2, 0) is 11.2 Å². The molecule has 4 nitrogen and oxygen atoms in total. The number of aromatic amines is 1. The molecule has 1 aliphatic rings. The van der Waals surface area contributed by atoms with Crippen molar-refractivity contribution in [3.05, 3.63) is 35.8 Å². The Labute approximate surface area is 109 Å². The van der Waals surface area contributed by atoms with E-state index >= 15 is 0 Å². The van der Waals surface area contributed by atoms with Crippen molar-refractivity contribution in [2.75, 3.05) is 13.1 Å². The highest BCUT2D eigenvalue weighted by atomic mass is 19.1. The summed E-state index contributed by atoms with van der Waals surface area (Å²) in [6.07, 6.45) is 2.26. The monoisotopic (exact) mass is 262 g/mol. The molecule has 1 aliphatic heterocycles. The number of nitrogens with one attached hydrogen (secondary N) is 1. The maximum absolute atomic E-state index is 13.1. The number of β-amino-alcohol motifs (C(OH)–C–C–N with tert-alkyl or cyclic N) is 1. The van der Waals surface area contributed by atoms with Crippen LogP contribution in [0.5, 0.6) is 0 Å². The zero-order valence-electron chi connectivity index (χ0n) is 10.4. The predicted octanol–water partition coefficient (Wildman–Crippen LogP) is 1.44. The molecule has 0 spiro atoms. The average molecular weight is 262 g/mol. The van der Waals surface area contributed by atoms with Crippen molar-refractivity contribution in [2.45, 2.75) is 18.9 Å². The number of aliphatic hydroxyl groups is 1. The first kappa shape index (κ1) is 12.2. The minimum absolute atomic E-state index is 0.00164.